The lowest BCUT2D eigenvalue weighted by Crippen LogP contribution is -1.97. The van der Waals surface area contributed by atoms with E-state index in [-0.39, 0.29) is 0 Å². The van der Waals surface area contributed by atoms with Crippen molar-refractivity contribution >= 4 is 11.6 Å². The molecule has 1 aliphatic carbocycles. The third-order valence-corrected chi connectivity index (χ3v) is 4.55. The predicted molar refractivity (Wildman–Crippen MR) is 109 cm³/mol. The molecule has 0 bridgehead atoms. The van der Waals surface area contributed by atoms with Crippen LogP contribution >= 0.6 is 0 Å². The van der Waals surface area contributed by atoms with Gasteiger partial charge in [0, 0.05) is 5.56 Å². The molecule has 0 unspecified atom stereocenters. The largest absolute Gasteiger partial charge is 0.497 e. The van der Waals surface area contributed by atoms with Crippen molar-refractivity contribution in [1.29, 1.82) is 0 Å². The van der Waals surface area contributed by atoms with Gasteiger partial charge in [-0.15, -0.1) is 0 Å². The van der Waals surface area contributed by atoms with E-state index >= 15 is 0 Å². The maximum atomic E-state index is 5.64. The first-order valence-corrected chi connectivity index (χ1v) is 8.73. The molecule has 3 rings (SSSR count). The van der Waals surface area contributed by atoms with Gasteiger partial charge in [0.2, 0.25) is 5.75 Å². The number of allylic oxidation sites excluding steroid dienone is 5. The fraction of sp³-hybridized carbons (Fsp3) is 0.217. The van der Waals surface area contributed by atoms with Crippen molar-refractivity contribution in [2.45, 2.75) is 6.42 Å². The van der Waals surface area contributed by atoms with Gasteiger partial charge in [0.1, 0.15) is 5.75 Å². The van der Waals surface area contributed by atoms with Crippen molar-refractivity contribution in [2.24, 2.45) is 0 Å². The summed E-state index contributed by atoms with van der Waals surface area (Å²) < 4.78 is 21.8. The Morgan fingerprint density at radius 3 is 2.11 bits per heavy atom. The summed E-state index contributed by atoms with van der Waals surface area (Å²) in [7, 11) is 6.54. The summed E-state index contributed by atoms with van der Waals surface area (Å²) in [5.74, 6) is 2.70. The zero-order valence-electron chi connectivity index (χ0n) is 16.1. The molecule has 0 atom stereocenters. The van der Waals surface area contributed by atoms with Gasteiger partial charge in [-0.1, -0.05) is 30.4 Å². The van der Waals surface area contributed by atoms with Crippen LogP contribution in [0.3, 0.4) is 0 Å². The van der Waals surface area contributed by atoms with Crippen molar-refractivity contribution in [3.05, 3.63) is 71.3 Å². The second kappa shape index (κ2) is 8.49. The second-order valence-corrected chi connectivity index (χ2v) is 6.03. The Morgan fingerprint density at radius 2 is 1.56 bits per heavy atom. The van der Waals surface area contributed by atoms with Crippen LogP contribution in [-0.2, 0) is 0 Å². The molecule has 0 saturated carbocycles. The lowest BCUT2D eigenvalue weighted by atomic mass is 9.94. The van der Waals surface area contributed by atoms with Gasteiger partial charge >= 0.3 is 0 Å². The van der Waals surface area contributed by atoms with Gasteiger partial charge in [0.05, 0.1) is 28.4 Å². The molecule has 0 heterocycles. The van der Waals surface area contributed by atoms with E-state index in [0.717, 1.165) is 28.9 Å². The Bertz CT molecular complexity index is 889. The van der Waals surface area contributed by atoms with Crippen molar-refractivity contribution in [1.82, 2.24) is 0 Å². The average molecular weight is 364 g/mol. The minimum Gasteiger partial charge on any atom is -0.497 e. The Labute approximate surface area is 160 Å². The Hall–Kier alpha value is -3.14. The molecule has 2 aromatic rings. The van der Waals surface area contributed by atoms with E-state index < -0.39 is 0 Å². The zero-order chi connectivity index (χ0) is 19.2. The molecule has 0 N–H and O–H groups in total. The number of ether oxygens (including phenoxy) is 4. The maximum absolute atomic E-state index is 5.64. The molecule has 4 heteroatoms. The van der Waals surface area contributed by atoms with Gasteiger partial charge in [0.25, 0.3) is 0 Å². The van der Waals surface area contributed by atoms with Crippen LogP contribution in [0, 0.1) is 0 Å². The predicted octanol–water partition coefficient (Wildman–Crippen LogP) is 5.15. The molecule has 2 aromatic carbocycles. The summed E-state index contributed by atoms with van der Waals surface area (Å²) in [5.41, 5.74) is 4.42. The number of rotatable bonds is 7. The third kappa shape index (κ3) is 3.85. The first-order valence-electron chi connectivity index (χ1n) is 8.73. The summed E-state index contributed by atoms with van der Waals surface area (Å²) in [4.78, 5) is 0. The first kappa shape index (κ1) is 18.6. The minimum atomic E-state index is 0.585. The molecule has 0 aromatic heterocycles. The Kier molecular flexibility index (Phi) is 5.87. The smallest absolute Gasteiger partial charge is 0.203 e. The highest BCUT2D eigenvalue weighted by atomic mass is 16.5. The molecule has 0 amide bonds. The van der Waals surface area contributed by atoms with Gasteiger partial charge in [-0.3, -0.25) is 0 Å². The van der Waals surface area contributed by atoms with Crippen molar-refractivity contribution in [3.63, 3.8) is 0 Å². The van der Waals surface area contributed by atoms with Crippen LogP contribution in [0.25, 0.3) is 11.6 Å². The van der Waals surface area contributed by atoms with Gasteiger partial charge < -0.3 is 18.9 Å². The number of benzene rings is 2. The van der Waals surface area contributed by atoms with Crippen LogP contribution < -0.4 is 18.9 Å². The highest BCUT2D eigenvalue weighted by molar-refractivity contribution is 5.93. The standard InChI is InChI=1S/C23H24O4/c1-24-19-12-9-17(10-13-19)20(16-7-5-6-8-16)15-18-11-14-21(25-2)23(27-4)22(18)26-3/h5-7,9-15H,8H2,1-4H3/b20-15+. The molecule has 140 valence electrons. The monoisotopic (exact) mass is 364 g/mol. The first-order chi connectivity index (χ1) is 13.2. The van der Waals surface area contributed by atoms with Crippen LogP contribution in [-0.4, -0.2) is 28.4 Å². The number of hydrogen-bond acceptors (Lipinski definition) is 4. The fourth-order valence-corrected chi connectivity index (χ4v) is 3.17. The molecular weight excluding hydrogens is 340 g/mol. The van der Waals surface area contributed by atoms with Gasteiger partial charge in [-0.2, -0.15) is 0 Å². The number of methoxy groups -OCH3 is 4. The average Bonchev–Trinajstić information content (AvgIpc) is 3.25. The Morgan fingerprint density at radius 1 is 0.815 bits per heavy atom. The molecule has 0 fully saturated rings. The van der Waals surface area contributed by atoms with E-state index in [1.165, 1.54) is 5.57 Å². The Balaban J connectivity index is 2.13. The highest BCUT2D eigenvalue weighted by Crippen LogP contribution is 2.42. The second-order valence-electron chi connectivity index (χ2n) is 6.03. The van der Waals surface area contributed by atoms with Crippen molar-refractivity contribution < 1.29 is 18.9 Å². The highest BCUT2D eigenvalue weighted by Gasteiger charge is 2.17. The quantitative estimate of drug-likeness (QED) is 0.637. The van der Waals surface area contributed by atoms with Crippen molar-refractivity contribution in [3.8, 4) is 23.0 Å². The minimum absolute atomic E-state index is 0.585. The zero-order valence-corrected chi connectivity index (χ0v) is 16.1. The summed E-state index contributed by atoms with van der Waals surface area (Å²) >= 11 is 0. The normalized spacial score (nSPS) is 13.3. The molecule has 4 nitrogen and oxygen atoms in total. The van der Waals surface area contributed by atoms with E-state index in [1.807, 2.05) is 24.3 Å². The summed E-state index contributed by atoms with van der Waals surface area (Å²) in [6.45, 7) is 0. The molecule has 27 heavy (non-hydrogen) atoms. The lowest BCUT2D eigenvalue weighted by Gasteiger charge is -2.16. The molecule has 0 spiro atoms. The van der Waals surface area contributed by atoms with Gasteiger partial charge in [0.15, 0.2) is 11.5 Å². The topological polar surface area (TPSA) is 36.9 Å². The van der Waals surface area contributed by atoms with Crippen LogP contribution in [0.5, 0.6) is 23.0 Å². The SMILES string of the molecule is COc1ccc(/C(=C/c2ccc(OC)c(OC)c2OC)C2=CC=CC2)cc1. The molecule has 0 aliphatic heterocycles. The summed E-state index contributed by atoms with van der Waals surface area (Å²) in [6, 6.07) is 11.9. The summed E-state index contributed by atoms with van der Waals surface area (Å²) in [5, 5.41) is 0. The van der Waals surface area contributed by atoms with E-state index in [4.69, 9.17) is 18.9 Å². The van der Waals surface area contributed by atoms with E-state index in [0.29, 0.717) is 17.2 Å². The fourth-order valence-electron chi connectivity index (χ4n) is 3.17. The molecule has 0 saturated heterocycles. The van der Waals surface area contributed by atoms with E-state index in [2.05, 4.69) is 36.4 Å². The van der Waals surface area contributed by atoms with Gasteiger partial charge in [-0.05, 0) is 53.5 Å². The summed E-state index contributed by atoms with van der Waals surface area (Å²) in [6.07, 6.45) is 9.40. The molecule has 1 aliphatic rings. The van der Waals surface area contributed by atoms with Crippen LogP contribution in [0.15, 0.2) is 60.2 Å². The van der Waals surface area contributed by atoms with E-state index in [1.54, 1.807) is 28.4 Å². The number of hydrogen-bond donors (Lipinski definition) is 0. The maximum Gasteiger partial charge on any atom is 0.203 e. The third-order valence-electron chi connectivity index (χ3n) is 4.55. The van der Waals surface area contributed by atoms with Crippen LogP contribution in [0.4, 0.5) is 0 Å². The van der Waals surface area contributed by atoms with Gasteiger partial charge in [-0.25, -0.2) is 0 Å². The molecular formula is C23H24O4. The van der Waals surface area contributed by atoms with Crippen LogP contribution in [0.2, 0.25) is 0 Å². The lowest BCUT2D eigenvalue weighted by molar-refractivity contribution is 0.324. The van der Waals surface area contributed by atoms with Crippen LogP contribution in [0.1, 0.15) is 17.5 Å². The van der Waals surface area contributed by atoms with E-state index in [9.17, 15) is 0 Å². The van der Waals surface area contributed by atoms with Crippen molar-refractivity contribution in [2.75, 3.05) is 28.4 Å². The molecule has 0 radical (unpaired) electrons.